The molecular weight excluding hydrogens is 370 g/mol. The standard InChI is InChI=1S/C21H37N5O3/c1-7-25(8-2)17(18-10-9-13-28-18)14-23-19(22-6)26-12-11-16(15-26)24-20(27)29-21(3,4)5/h9-10,13,16-17H,7-8,11-12,14-15H2,1-6H3,(H,22,23)(H,24,27). The number of aliphatic imine (C=N–C) groups is 1. The summed E-state index contributed by atoms with van der Waals surface area (Å²) in [6.07, 6.45) is 2.21. The molecule has 1 saturated heterocycles. The molecule has 0 radical (unpaired) electrons. The zero-order chi connectivity index (χ0) is 21.4. The van der Waals surface area contributed by atoms with Crippen LogP contribution in [0, 0.1) is 0 Å². The highest BCUT2D eigenvalue weighted by Crippen LogP contribution is 2.20. The maximum atomic E-state index is 12.0. The third kappa shape index (κ3) is 6.96. The Morgan fingerprint density at radius 3 is 2.69 bits per heavy atom. The smallest absolute Gasteiger partial charge is 0.407 e. The molecule has 0 saturated carbocycles. The number of likely N-dealkylation sites (tertiary alicyclic amines) is 1. The van der Waals surface area contributed by atoms with Crippen LogP contribution in [0.3, 0.4) is 0 Å². The molecule has 2 heterocycles. The van der Waals surface area contributed by atoms with E-state index in [1.807, 2.05) is 32.9 Å². The lowest BCUT2D eigenvalue weighted by Crippen LogP contribution is -2.46. The number of guanidine groups is 1. The number of furan rings is 1. The molecule has 1 fully saturated rings. The van der Waals surface area contributed by atoms with Crippen molar-refractivity contribution in [3.63, 3.8) is 0 Å². The summed E-state index contributed by atoms with van der Waals surface area (Å²) in [5.41, 5.74) is -0.495. The number of likely N-dealkylation sites (N-methyl/N-ethyl adjacent to an activating group) is 1. The monoisotopic (exact) mass is 407 g/mol. The predicted octanol–water partition coefficient (Wildman–Crippen LogP) is 2.84. The molecule has 0 aliphatic carbocycles. The Bertz CT molecular complexity index is 650. The van der Waals surface area contributed by atoms with Crippen molar-refractivity contribution in [3.05, 3.63) is 24.2 Å². The molecule has 29 heavy (non-hydrogen) atoms. The van der Waals surface area contributed by atoms with Crippen LogP contribution in [0.2, 0.25) is 0 Å². The Morgan fingerprint density at radius 1 is 1.41 bits per heavy atom. The Labute approximate surface area is 174 Å². The average molecular weight is 408 g/mol. The summed E-state index contributed by atoms with van der Waals surface area (Å²) in [7, 11) is 1.79. The van der Waals surface area contributed by atoms with Crippen molar-refractivity contribution in [1.82, 2.24) is 20.4 Å². The molecule has 1 aromatic heterocycles. The summed E-state index contributed by atoms with van der Waals surface area (Å²) in [4.78, 5) is 21.0. The molecule has 8 nitrogen and oxygen atoms in total. The van der Waals surface area contributed by atoms with E-state index in [4.69, 9.17) is 9.15 Å². The topological polar surface area (TPSA) is 82.3 Å². The lowest BCUT2D eigenvalue weighted by Gasteiger charge is -2.30. The quantitative estimate of drug-likeness (QED) is 0.534. The third-order valence-electron chi connectivity index (χ3n) is 5.00. The second-order valence-corrected chi connectivity index (χ2v) is 8.26. The zero-order valence-corrected chi connectivity index (χ0v) is 18.7. The van der Waals surface area contributed by atoms with Crippen molar-refractivity contribution in [2.24, 2.45) is 4.99 Å². The van der Waals surface area contributed by atoms with Crippen LogP contribution in [-0.2, 0) is 4.74 Å². The number of alkyl carbamates (subject to hydrolysis) is 1. The molecule has 164 valence electrons. The Balaban J connectivity index is 1.92. The fourth-order valence-electron chi connectivity index (χ4n) is 3.62. The van der Waals surface area contributed by atoms with Crippen LogP contribution in [0.1, 0.15) is 52.8 Å². The van der Waals surface area contributed by atoms with Gasteiger partial charge in [0.05, 0.1) is 18.3 Å². The van der Waals surface area contributed by atoms with Crippen LogP contribution in [-0.4, -0.2) is 73.3 Å². The van der Waals surface area contributed by atoms with Crippen molar-refractivity contribution >= 4 is 12.1 Å². The van der Waals surface area contributed by atoms with Gasteiger partial charge in [-0.05, 0) is 52.4 Å². The van der Waals surface area contributed by atoms with Crippen molar-refractivity contribution < 1.29 is 13.9 Å². The van der Waals surface area contributed by atoms with E-state index in [0.717, 1.165) is 37.8 Å². The van der Waals surface area contributed by atoms with Crippen LogP contribution in [0.15, 0.2) is 27.8 Å². The maximum absolute atomic E-state index is 12.0. The first-order valence-corrected chi connectivity index (χ1v) is 10.5. The lowest BCUT2D eigenvalue weighted by atomic mass is 10.2. The van der Waals surface area contributed by atoms with Crippen LogP contribution >= 0.6 is 0 Å². The SMILES string of the molecule is CCN(CC)C(CNC(=NC)N1CCC(NC(=O)OC(C)(C)C)C1)c1ccco1. The summed E-state index contributed by atoms with van der Waals surface area (Å²) >= 11 is 0. The number of hydrogen-bond acceptors (Lipinski definition) is 5. The van der Waals surface area contributed by atoms with Crippen molar-refractivity contribution in [3.8, 4) is 0 Å². The summed E-state index contributed by atoms with van der Waals surface area (Å²) in [6.45, 7) is 14.0. The lowest BCUT2D eigenvalue weighted by molar-refractivity contribution is 0.0507. The molecule has 1 amide bonds. The molecule has 2 rings (SSSR count). The third-order valence-corrected chi connectivity index (χ3v) is 5.00. The van der Waals surface area contributed by atoms with E-state index >= 15 is 0 Å². The van der Waals surface area contributed by atoms with Crippen LogP contribution in [0.5, 0.6) is 0 Å². The summed E-state index contributed by atoms with van der Waals surface area (Å²) in [5.74, 6) is 1.78. The van der Waals surface area contributed by atoms with Gasteiger partial charge in [-0.25, -0.2) is 4.79 Å². The van der Waals surface area contributed by atoms with E-state index < -0.39 is 5.60 Å². The predicted molar refractivity (Wildman–Crippen MR) is 115 cm³/mol. The second-order valence-electron chi connectivity index (χ2n) is 8.26. The molecule has 8 heteroatoms. The highest BCUT2D eigenvalue weighted by Gasteiger charge is 2.29. The number of amides is 1. The molecule has 1 aliphatic heterocycles. The van der Waals surface area contributed by atoms with Crippen molar-refractivity contribution in [2.45, 2.75) is 58.7 Å². The van der Waals surface area contributed by atoms with E-state index in [0.29, 0.717) is 13.1 Å². The number of nitrogens with one attached hydrogen (secondary N) is 2. The van der Waals surface area contributed by atoms with Gasteiger partial charge in [0.2, 0.25) is 0 Å². The van der Waals surface area contributed by atoms with E-state index in [1.165, 1.54) is 0 Å². The molecule has 2 atom stereocenters. The van der Waals surface area contributed by atoms with Gasteiger partial charge in [0.15, 0.2) is 5.96 Å². The van der Waals surface area contributed by atoms with Crippen LogP contribution in [0.25, 0.3) is 0 Å². The van der Waals surface area contributed by atoms with Gasteiger partial charge in [0.1, 0.15) is 11.4 Å². The van der Waals surface area contributed by atoms with Gasteiger partial charge in [-0.3, -0.25) is 9.89 Å². The van der Waals surface area contributed by atoms with E-state index in [9.17, 15) is 4.79 Å². The molecular formula is C21H37N5O3. The van der Waals surface area contributed by atoms with Gasteiger partial charge in [0.25, 0.3) is 0 Å². The fraction of sp³-hybridized carbons (Fsp3) is 0.714. The van der Waals surface area contributed by atoms with Gasteiger partial charge < -0.3 is 24.7 Å². The Kier molecular flexibility index (Phi) is 8.37. The van der Waals surface area contributed by atoms with E-state index in [2.05, 4.69) is 39.3 Å². The van der Waals surface area contributed by atoms with Gasteiger partial charge in [-0.2, -0.15) is 0 Å². The maximum Gasteiger partial charge on any atom is 0.407 e. The molecule has 0 aromatic carbocycles. The highest BCUT2D eigenvalue weighted by molar-refractivity contribution is 5.80. The van der Waals surface area contributed by atoms with Gasteiger partial charge >= 0.3 is 6.09 Å². The Hall–Kier alpha value is -2.22. The number of ether oxygens (including phenoxy) is 1. The normalized spacial score (nSPS) is 18.8. The molecule has 0 bridgehead atoms. The number of hydrogen-bond donors (Lipinski definition) is 2. The zero-order valence-electron chi connectivity index (χ0n) is 18.7. The summed E-state index contributed by atoms with van der Waals surface area (Å²) in [6, 6.07) is 4.13. The molecule has 2 N–H and O–H groups in total. The first-order chi connectivity index (χ1) is 13.8. The highest BCUT2D eigenvalue weighted by atomic mass is 16.6. The largest absolute Gasteiger partial charge is 0.468 e. The van der Waals surface area contributed by atoms with Crippen LogP contribution < -0.4 is 10.6 Å². The van der Waals surface area contributed by atoms with E-state index in [1.54, 1.807) is 13.3 Å². The fourth-order valence-corrected chi connectivity index (χ4v) is 3.62. The van der Waals surface area contributed by atoms with Crippen molar-refractivity contribution in [1.29, 1.82) is 0 Å². The minimum Gasteiger partial charge on any atom is -0.468 e. The number of carbonyl (C=O) groups is 1. The number of carbonyl (C=O) groups excluding carboxylic acids is 1. The molecule has 2 unspecified atom stereocenters. The van der Waals surface area contributed by atoms with Gasteiger partial charge in [-0.15, -0.1) is 0 Å². The van der Waals surface area contributed by atoms with Crippen molar-refractivity contribution in [2.75, 3.05) is 39.8 Å². The number of nitrogens with zero attached hydrogens (tertiary/aromatic N) is 3. The Morgan fingerprint density at radius 2 is 2.14 bits per heavy atom. The van der Waals surface area contributed by atoms with Gasteiger partial charge in [0, 0.05) is 26.7 Å². The minimum absolute atomic E-state index is 0.0482. The number of rotatable bonds is 7. The van der Waals surface area contributed by atoms with E-state index in [-0.39, 0.29) is 18.2 Å². The van der Waals surface area contributed by atoms with Gasteiger partial charge in [-0.1, -0.05) is 13.8 Å². The summed E-state index contributed by atoms with van der Waals surface area (Å²) in [5, 5.41) is 6.45. The summed E-state index contributed by atoms with van der Waals surface area (Å²) < 4.78 is 11.0. The van der Waals surface area contributed by atoms with Crippen LogP contribution in [0.4, 0.5) is 4.79 Å². The second kappa shape index (κ2) is 10.5. The minimum atomic E-state index is -0.495. The first kappa shape index (κ1) is 23.1. The molecule has 1 aliphatic rings. The molecule has 1 aromatic rings. The first-order valence-electron chi connectivity index (χ1n) is 10.5. The average Bonchev–Trinajstić information content (AvgIpc) is 3.32. The molecule has 0 spiro atoms.